The Balaban J connectivity index is 0.636. The van der Waals surface area contributed by atoms with Gasteiger partial charge in [-0.05, 0) is 61.9 Å². The third-order valence-corrected chi connectivity index (χ3v) is 16.2. The van der Waals surface area contributed by atoms with E-state index in [9.17, 15) is 47.9 Å². The van der Waals surface area contributed by atoms with E-state index in [0.29, 0.717) is 122 Å². The number of carbonyl (C=O) groups is 10. The lowest BCUT2D eigenvalue weighted by Gasteiger charge is -2.09. The van der Waals surface area contributed by atoms with E-state index in [0.717, 1.165) is 5.56 Å². The zero-order chi connectivity index (χ0) is 80.3. The maximum absolute atomic E-state index is 13.4. The molecule has 112 heavy (non-hydrogen) atoms. The van der Waals surface area contributed by atoms with Crippen LogP contribution in [0.25, 0.3) is 0 Å². The summed E-state index contributed by atoms with van der Waals surface area (Å²) in [6, 6.07) is 11.9. The molecule has 600 valence electrons. The summed E-state index contributed by atoms with van der Waals surface area (Å²) in [6.07, 6.45) is 12.7. The molecule has 0 radical (unpaired) electrons. The first-order valence-electron chi connectivity index (χ1n) is 35.8. The number of hydrogen-bond acceptors (Lipinski definition) is 22. The van der Waals surface area contributed by atoms with E-state index in [1.54, 1.807) is 79.6 Å². The van der Waals surface area contributed by atoms with Crippen LogP contribution < -0.4 is 63.2 Å². The van der Waals surface area contributed by atoms with Gasteiger partial charge in [0.15, 0.2) is 23.3 Å². The van der Waals surface area contributed by atoms with Gasteiger partial charge in [0.25, 0.3) is 41.4 Å². The van der Waals surface area contributed by atoms with Crippen molar-refractivity contribution in [3.63, 3.8) is 0 Å². The van der Waals surface area contributed by atoms with Crippen LogP contribution in [0.3, 0.4) is 0 Å². The van der Waals surface area contributed by atoms with E-state index in [1.165, 1.54) is 76.6 Å². The van der Waals surface area contributed by atoms with E-state index in [-0.39, 0.29) is 109 Å². The van der Waals surface area contributed by atoms with Gasteiger partial charge in [0, 0.05) is 157 Å². The first-order valence-corrected chi connectivity index (χ1v) is 35.8. The van der Waals surface area contributed by atoms with Gasteiger partial charge in [-0.1, -0.05) is 11.8 Å². The highest BCUT2D eigenvalue weighted by Crippen LogP contribution is 2.20. The number of rotatable bonds is 47. The molecular formula is C73H96N22O17. The molecule has 0 aliphatic heterocycles. The third kappa shape index (κ3) is 27.7. The summed E-state index contributed by atoms with van der Waals surface area (Å²) in [4.78, 5) is 147. The van der Waals surface area contributed by atoms with Gasteiger partial charge in [-0.25, -0.2) is 19.9 Å². The number of aromatic nitrogens is 11. The number of amides is 10. The van der Waals surface area contributed by atoms with Crippen LogP contribution in [-0.2, 0) is 92.1 Å². The van der Waals surface area contributed by atoms with E-state index in [4.69, 9.17) is 33.2 Å². The molecule has 0 saturated carbocycles. The van der Waals surface area contributed by atoms with E-state index >= 15 is 0 Å². The monoisotopic (exact) mass is 1550 g/mol. The second kappa shape index (κ2) is 44.4. The SMILES string of the molecule is COCCOCCOCCOCCOCCOCCOc1ccc(C#CCNCCCNC(=O)c2nc(NC(=O)c3cc(NC(=O)CCNC(=O)c4nc(NC(=O)CCCNC(=O)c5cc(NC(=O)c6nc(NC(=O)CCNC(=O)c7cc(NC(=O)c8nccn8C)cn7C)cn6C)cn5C)cn4C)cn3C)cn2C)cc1. The van der Waals surface area contributed by atoms with Gasteiger partial charge < -0.3 is 124 Å². The van der Waals surface area contributed by atoms with E-state index < -0.39 is 59.1 Å². The van der Waals surface area contributed by atoms with Gasteiger partial charge >= 0.3 is 0 Å². The molecule has 39 nitrogen and oxygen atoms in total. The van der Waals surface area contributed by atoms with Crippen molar-refractivity contribution < 1.29 is 81.1 Å². The highest BCUT2D eigenvalue weighted by atomic mass is 16.6. The van der Waals surface area contributed by atoms with Crippen molar-refractivity contribution >= 4 is 93.6 Å². The second-order valence-corrected chi connectivity index (χ2v) is 25.1. The van der Waals surface area contributed by atoms with Crippen LogP contribution in [0.15, 0.2) is 92.0 Å². The van der Waals surface area contributed by atoms with Crippen LogP contribution in [-0.4, -0.2) is 237 Å². The highest BCUT2D eigenvalue weighted by Gasteiger charge is 2.23. The maximum Gasteiger partial charge on any atom is 0.291 e. The molecule has 0 aliphatic carbocycles. The molecule has 1 aromatic carbocycles. The average molecular weight is 1550 g/mol. The third-order valence-electron chi connectivity index (χ3n) is 16.2. The standard InChI is InChI=1S/C73H96N22O17/c1-89-27-26-75-63(89)72(104)81-51-41-55(91(3)44-51)68(100)78-24-19-62(98)84-58-47-95(7)66(86-58)73(105)82-52-42-54(90(2)45-52)67(99)76-22-10-13-60(96)83-57-46-93(5)65(85-57)71(103)79-25-18-61(97)80-50-40-56(92(4)43-50)69(101)88-59-48-94(6)64(87-59)70(102)77-23-11-21-74-20-9-12-49-14-16-53(17-15-49)112-39-38-111-37-36-110-35-34-109-33-32-108-31-30-107-29-28-106-8/h14-17,26-27,40-48,74H,10-11,13,18-25,28-39H2,1-8H3,(H,76,99)(H,77,102)(H,78,100)(H,79,103)(H,80,97)(H,81,104)(H,82,105)(H,83,96)(H,84,98)(H,88,101). The van der Waals surface area contributed by atoms with Crippen molar-refractivity contribution in [2.24, 2.45) is 49.3 Å². The van der Waals surface area contributed by atoms with Crippen molar-refractivity contribution in [1.29, 1.82) is 0 Å². The fourth-order valence-corrected chi connectivity index (χ4v) is 10.6. The number of nitrogens with zero attached hydrogens (tertiary/aromatic N) is 11. The predicted molar refractivity (Wildman–Crippen MR) is 409 cm³/mol. The molecular weight excluding hydrogens is 1460 g/mol. The number of methoxy groups -OCH3 is 1. The molecule has 7 heterocycles. The van der Waals surface area contributed by atoms with Crippen molar-refractivity contribution in [2.75, 3.05) is 158 Å². The second-order valence-electron chi connectivity index (χ2n) is 25.1. The van der Waals surface area contributed by atoms with Crippen LogP contribution in [0.5, 0.6) is 5.75 Å². The molecule has 0 fully saturated rings. The van der Waals surface area contributed by atoms with Crippen LogP contribution in [0.4, 0.5) is 34.5 Å². The summed E-state index contributed by atoms with van der Waals surface area (Å²) in [5.41, 5.74) is 2.43. The summed E-state index contributed by atoms with van der Waals surface area (Å²) in [5, 5.41) is 30.2. The molecule has 0 saturated heterocycles. The minimum Gasteiger partial charge on any atom is -0.491 e. The Morgan fingerprint density at radius 3 is 1.29 bits per heavy atom. The zero-order valence-electron chi connectivity index (χ0n) is 63.8. The number of carbonyl (C=O) groups excluding carboxylic acids is 10. The first kappa shape index (κ1) is 85.3. The van der Waals surface area contributed by atoms with E-state index in [1.807, 2.05) is 24.3 Å². The molecule has 0 unspecified atom stereocenters. The van der Waals surface area contributed by atoms with Crippen LogP contribution in [0.2, 0.25) is 0 Å². The van der Waals surface area contributed by atoms with Gasteiger partial charge in [-0.15, -0.1) is 0 Å². The summed E-state index contributed by atoms with van der Waals surface area (Å²) >= 11 is 0. The van der Waals surface area contributed by atoms with Gasteiger partial charge in [0.2, 0.25) is 35.2 Å². The van der Waals surface area contributed by atoms with E-state index in [2.05, 4.69) is 90.3 Å². The Hall–Kier alpha value is -12.3. The predicted octanol–water partition coefficient (Wildman–Crippen LogP) is 1.93. The maximum atomic E-state index is 13.4. The van der Waals surface area contributed by atoms with Crippen LogP contribution in [0.1, 0.15) is 112 Å². The number of anilines is 6. The molecule has 0 atom stereocenters. The normalized spacial score (nSPS) is 11.0. The first-order chi connectivity index (χ1) is 54.0. The quantitative estimate of drug-likeness (QED) is 0.0192. The Morgan fingerprint density at radius 2 is 0.795 bits per heavy atom. The highest BCUT2D eigenvalue weighted by molar-refractivity contribution is 6.06. The van der Waals surface area contributed by atoms with Crippen molar-refractivity contribution in [3.8, 4) is 17.6 Å². The van der Waals surface area contributed by atoms with Gasteiger partial charge in [-0.3, -0.25) is 47.9 Å². The molecule has 10 amide bonds. The lowest BCUT2D eigenvalue weighted by atomic mass is 10.2. The average Bonchev–Trinajstić information content (AvgIpc) is 1.70. The summed E-state index contributed by atoms with van der Waals surface area (Å²) in [6.45, 7) is 7.16. The topological polar surface area (TPSA) is 454 Å². The number of hydrogen-bond donors (Lipinski definition) is 11. The van der Waals surface area contributed by atoms with Crippen LogP contribution >= 0.6 is 0 Å². The van der Waals surface area contributed by atoms with Gasteiger partial charge in [0.1, 0.15) is 29.4 Å². The lowest BCUT2D eigenvalue weighted by Crippen LogP contribution is -2.29. The Labute approximate surface area is 645 Å². The molecule has 8 rings (SSSR count). The molecule has 11 N–H and O–H groups in total. The van der Waals surface area contributed by atoms with Crippen molar-refractivity contribution in [2.45, 2.75) is 32.1 Å². The Bertz CT molecular complexity index is 4570. The molecule has 0 aliphatic rings. The molecule has 7 aromatic heterocycles. The van der Waals surface area contributed by atoms with Crippen molar-refractivity contribution in [3.05, 3.63) is 138 Å². The molecule has 0 bridgehead atoms. The molecule has 8 aromatic rings. The Morgan fingerprint density at radius 1 is 0.384 bits per heavy atom. The zero-order valence-corrected chi connectivity index (χ0v) is 63.8. The lowest BCUT2D eigenvalue weighted by molar-refractivity contribution is -0.117. The fraction of sp³-hybridized carbons (Fsp3) is 0.425. The fourth-order valence-electron chi connectivity index (χ4n) is 10.6. The number of imidazole rings is 4. The van der Waals surface area contributed by atoms with Crippen LogP contribution in [0, 0.1) is 11.8 Å². The molecule has 39 heteroatoms. The summed E-state index contributed by atoms with van der Waals surface area (Å²) < 4.78 is 48.4. The molecule has 0 spiro atoms. The van der Waals surface area contributed by atoms with Gasteiger partial charge in [-0.2, -0.15) is 0 Å². The summed E-state index contributed by atoms with van der Waals surface area (Å²) in [7, 11) is 12.9. The largest absolute Gasteiger partial charge is 0.491 e. The number of ether oxygens (including phenoxy) is 7. The minimum absolute atomic E-state index is 0.0187. The van der Waals surface area contributed by atoms with Crippen molar-refractivity contribution in [1.82, 2.24) is 78.5 Å². The number of aryl methyl sites for hydroxylation is 7. The minimum atomic E-state index is -0.634. The smallest absolute Gasteiger partial charge is 0.291 e. The van der Waals surface area contributed by atoms with Gasteiger partial charge in [0.05, 0.1) is 96.3 Å². The number of nitrogens with one attached hydrogen (secondary N) is 11. The summed E-state index contributed by atoms with van der Waals surface area (Å²) in [5.74, 6) is 2.39. The number of benzene rings is 1. The Kier molecular flexibility index (Phi) is 33.8.